The van der Waals surface area contributed by atoms with Crippen LogP contribution in [0.15, 0.2) is 34.1 Å². The van der Waals surface area contributed by atoms with Crippen LogP contribution in [0.4, 0.5) is 0 Å². The van der Waals surface area contributed by atoms with Crippen LogP contribution in [0.3, 0.4) is 0 Å². The topological polar surface area (TPSA) is 56.3 Å². The summed E-state index contributed by atoms with van der Waals surface area (Å²) < 4.78 is 33.0. The average molecular weight is 348 g/mol. The summed E-state index contributed by atoms with van der Waals surface area (Å²) in [7, 11) is -3.52. The fourth-order valence-electron chi connectivity index (χ4n) is 1.29. The van der Waals surface area contributed by atoms with Crippen LogP contribution >= 0.6 is 27.5 Å². The summed E-state index contributed by atoms with van der Waals surface area (Å²) in [6.45, 7) is 1.54. The molecule has 0 N–H and O–H groups in total. The first-order valence-electron chi connectivity index (χ1n) is 5.14. The maximum absolute atomic E-state index is 11.5. The molecule has 0 amide bonds. The standard InChI is InChI=1S/C11H10BrNO3S2/c1-2-18(14,15)16-10-7-17-13-11(10)8-3-5-9(12)6-4-8/h3-7H,2H2,1H3. The molecule has 0 atom stereocenters. The van der Waals surface area contributed by atoms with Gasteiger partial charge in [0.15, 0.2) is 5.75 Å². The van der Waals surface area contributed by atoms with Gasteiger partial charge in [-0.2, -0.15) is 12.8 Å². The van der Waals surface area contributed by atoms with Crippen LogP contribution in [0, 0.1) is 0 Å². The van der Waals surface area contributed by atoms with Crippen molar-refractivity contribution in [3.63, 3.8) is 0 Å². The van der Waals surface area contributed by atoms with Crippen molar-refractivity contribution in [2.24, 2.45) is 0 Å². The van der Waals surface area contributed by atoms with Gasteiger partial charge in [-0.15, -0.1) is 0 Å². The first-order valence-corrected chi connectivity index (χ1v) is 8.35. The highest BCUT2D eigenvalue weighted by molar-refractivity contribution is 9.10. The summed E-state index contributed by atoms with van der Waals surface area (Å²) in [6.07, 6.45) is 0. The minimum Gasteiger partial charge on any atom is -0.379 e. The van der Waals surface area contributed by atoms with Crippen molar-refractivity contribution < 1.29 is 12.6 Å². The Hall–Kier alpha value is -0.920. The molecule has 2 aromatic rings. The summed E-state index contributed by atoms with van der Waals surface area (Å²) in [5, 5.41) is 1.59. The van der Waals surface area contributed by atoms with E-state index in [0.717, 1.165) is 10.0 Å². The highest BCUT2D eigenvalue weighted by atomic mass is 79.9. The van der Waals surface area contributed by atoms with Gasteiger partial charge in [0.05, 0.1) is 11.1 Å². The number of halogens is 1. The Kier molecular flexibility index (Phi) is 4.04. The van der Waals surface area contributed by atoms with Gasteiger partial charge in [0, 0.05) is 10.0 Å². The monoisotopic (exact) mass is 347 g/mol. The highest BCUT2D eigenvalue weighted by Crippen LogP contribution is 2.32. The third-order valence-electron chi connectivity index (χ3n) is 2.23. The van der Waals surface area contributed by atoms with E-state index in [9.17, 15) is 8.42 Å². The van der Waals surface area contributed by atoms with Crippen LogP contribution in [-0.2, 0) is 10.1 Å². The van der Waals surface area contributed by atoms with Crippen LogP contribution in [-0.4, -0.2) is 18.5 Å². The Labute approximate surface area is 118 Å². The molecule has 1 aromatic carbocycles. The number of rotatable bonds is 4. The van der Waals surface area contributed by atoms with Crippen molar-refractivity contribution in [2.45, 2.75) is 6.92 Å². The van der Waals surface area contributed by atoms with Gasteiger partial charge in [-0.25, -0.2) is 0 Å². The minimum absolute atomic E-state index is 0.0668. The summed E-state index contributed by atoms with van der Waals surface area (Å²) in [4.78, 5) is 0. The molecule has 7 heteroatoms. The lowest BCUT2D eigenvalue weighted by Crippen LogP contribution is -2.11. The normalized spacial score (nSPS) is 11.4. The molecule has 0 bridgehead atoms. The van der Waals surface area contributed by atoms with Gasteiger partial charge in [-0.3, -0.25) is 0 Å². The van der Waals surface area contributed by atoms with E-state index in [-0.39, 0.29) is 11.5 Å². The summed E-state index contributed by atoms with van der Waals surface area (Å²) in [5.41, 5.74) is 1.37. The molecule has 96 valence electrons. The van der Waals surface area contributed by atoms with E-state index in [4.69, 9.17) is 4.18 Å². The van der Waals surface area contributed by atoms with Crippen molar-refractivity contribution in [2.75, 3.05) is 5.75 Å². The van der Waals surface area contributed by atoms with Crippen molar-refractivity contribution in [1.29, 1.82) is 0 Å². The Morgan fingerprint density at radius 3 is 2.61 bits per heavy atom. The Morgan fingerprint density at radius 2 is 2.00 bits per heavy atom. The molecule has 0 unspecified atom stereocenters. The molecule has 0 radical (unpaired) electrons. The molecule has 0 aliphatic heterocycles. The molecule has 0 saturated carbocycles. The lowest BCUT2D eigenvalue weighted by Gasteiger charge is -2.05. The van der Waals surface area contributed by atoms with Crippen LogP contribution < -0.4 is 4.18 Å². The van der Waals surface area contributed by atoms with Gasteiger partial charge >= 0.3 is 10.1 Å². The number of nitrogens with zero attached hydrogens (tertiary/aromatic N) is 1. The zero-order chi connectivity index (χ0) is 13.2. The molecule has 1 heterocycles. The molecule has 1 aromatic heterocycles. The highest BCUT2D eigenvalue weighted by Gasteiger charge is 2.16. The van der Waals surface area contributed by atoms with Crippen molar-refractivity contribution in [1.82, 2.24) is 4.37 Å². The molecular formula is C11H10BrNO3S2. The van der Waals surface area contributed by atoms with Gasteiger partial charge in [0.25, 0.3) is 0 Å². The van der Waals surface area contributed by atoms with Crippen LogP contribution in [0.2, 0.25) is 0 Å². The van der Waals surface area contributed by atoms with Crippen LogP contribution in [0.1, 0.15) is 6.92 Å². The third-order valence-corrected chi connectivity index (χ3v) is 4.50. The maximum atomic E-state index is 11.5. The summed E-state index contributed by atoms with van der Waals surface area (Å²) in [6, 6.07) is 7.44. The molecule has 0 aliphatic carbocycles. The van der Waals surface area contributed by atoms with E-state index >= 15 is 0 Å². The largest absolute Gasteiger partial charge is 0.379 e. The lowest BCUT2D eigenvalue weighted by molar-refractivity contribution is 0.489. The van der Waals surface area contributed by atoms with E-state index in [1.165, 1.54) is 18.5 Å². The first-order chi connectivity index (χ1) is 8.52. The number of hydrogen-bond acceptors (Lipinski definition) is 5. The second kappa shape index (κ2) is 5.38. The zero-order valence-electron chi connectivity index (χ0n) is 9.46. The Morgan fingerprint density at radius 1 is 1.33 bits per heavy atom. The summed E-state index contributed by atoms with van der Waals surface area (Å²) >= 11 is 4.51. The van der Waals surface area contributed by atoms with Gasteiger partial charge in [-0.05, 0) is 30.6 Å². The smallest absolute Gasteiger partial charge is 0.309 e. The molecule has 0 spiro atoms. The quantitative estimate of drug-likeness (QED) is 0.796. The first kappa shape index (κ1) is 13.5. The van der Waals surface area contributed by atoms with Crippen molar-refractivity contribution in [3.05, 3.63) is 34.1 Å². The van der Waals surface area contributed by atoms with Crippen LogP contribution in [0.25, 0.3) is 11.3 Å². The minimum atomic E-state index is -3.52. The molecule has 0 saturated heterocycles. The predicted octanol–water partition coefficient (Wildman–Crippen LogP) is 3.30. The van der Waals surface area contributed by atoms with Crippen molar-refractivity contribution >= 4 is 37.6 Å². The second-order valence-electron chi connectivity index (χ2n) is 3.46. The average Bonchev–Trinajstić information content (AvgIpc) is 2.77. The lowest BCUT2D eigenvalue weighted by atomic mass is 10.1. The SMILES string of the molecule is CCS(=O)(=O)Oc1csnc1-c1ccc(Br)cc1. The zero-order valence-corrected chi connectivity index (χ0v) is 12.7. The fraction of sp³-hybridized carbons (Fsp3) is 0.182. The number of hydrogen-bond donors (Lipinski definition) is 0. The third kappa shape index (κ3) is 3.09. The number of benzene rings is 1. The van der Waals surface area contributed by atoms with E-state index in [1.807, 2.05) is 24.3 Å². The molecular weight excluding hydrogens is 338 g/mol. The number of aromatic nitrogens is 1. The van der Waals surface area contributed by atoms with Gasteiger partial charge < -0.3 is 4.18 Å². The van der Waals surface area contributed by atoms with E-state index < -0.39 is 10.1 Å². The van der Waals surface area contributed by atoms with Crippen LogP contribution in [0.5, 0.6) is 5.75 Å². The maximum Gasteiger partial charge on any atom is 0.309 e. The van der Waals surface area contributed by atoms with E-state index in [1.54, 1.807) is 5.38 Å². The molecule has 0 aliphatic rings. The van der Waals surface area contributed by atoms with Gasteiger partial charge in [-0.1, -0.05) is 28.1 Å². The second-order valence-corrected chi connectivity index (χ2v) is 6.87. The molecule has 18 heavy (non-hydrogen) atoms. The van der Waals surface area contributed by atoms with Crippen molar-refractivity contribution in [3.8, 4) is 17.0 Å². The van der Waals surface area contributed by atoms with Gasteiger partial charge in [0.2, 0.25) is 0 Å². The Bertz CT molecular complexity index is 635. The fourth-order valence-corrected chi connectivity index (χ4v) is 2.74. The molecule has 2 rings (SSSR count). The predicted molar refractivity (Wildman–Crippen MR) is 75.3 cm³/mol. The van der Waals surface area contributed by atoms with E-state index in [2.05, 4.69) is 20.3 Å². The van der Waals surface area contributed by atoms with Gasteiger partial charge in [0.1, 0.15) is 5.69 Å². The van der Waals surface area contributed by atoms with E-state index in [0.29, 0.717) is 5.69 Å². The molecule has 4 nitrogen and oxygen atoms in total. The summed E-state index contributed by atoms with van der Waals surface area (Å²) in [5.74, 6) is 0.215. The Balaban J connectivity index is 2.36. The molecule has 0 fully saturated rings.